The van der Waals surface area contributed by atoms with Gasteiger partial charge in [-0.1, -0.05) is 53.2 Å². The van der Waals surface area contributed by atoms with Gasteiger partial charge in [-0.05, 0) is 43.4 Å². The van der Waals surface area contributed by atoms with E-state index in [1.807, 2.05) is 26.0 Å². The second kappa shape index (κ2) is 12.9. The van der Waals surface area contributed by atoms with Crippen molar-refractivity contribution in [1.82, 2.24) is 0 Å². The van der Waals surface area contributed by atoms with Gasteiger partial charge < -0.3 is 14.3 Å². The van der Waals surface area contributed by atoms with Crippen LogP contribution in [-0.2, 0) is 0 Å². The maximum absolute atomic E-state index is 11.6. The molecule has 1 heterocycles. The fourth-order valence-corrected chi connectivity index (χ4v) is 2.87. The van der Waals surface area contributed by atoms with E-state index in [0.29, 0.717) is 11.7 Å². The van der Waals surface area contributed by atoms with Gasteiger partial charge in [0.2, 0.25) is 0 Å². The number of aryl methyl sites for hydroxylation is 1. The van der Waals surface area contributed by atoms with E-state index in [0.717, 1.165) is 31.6 Å². The number of hydrogen-bond acceptors (Lipinski definition) is 5. The third-order valence-corrected chi connectivity index (χ3v) is 4.71. The van der Waals surface area contributed by atoms with Crippen LogP contribution in [0.15, 0.2) is 39.5 Å². The van der Waals surface area contributed by atoms with E-state index >= 15 is 0 Å². The molecule has 0 saturated heterocycles. The molecule has 0 spiro atoms. The van der Waals surface area contributed by atoms with Gasteiger partial charge in [-0.15, -0.1) is 0 Å². The van der Waals surface area contributed by atoms with Gasteiger partial charge in [0, 0.05) is 18.4 Å². The number of carbonyl (C=O) groups excluding carboxylic acids is 1. The second-order valence-corrected chi connectivity index (χ2v) is 8.01. The van der Waals surface area contributed by atoms with E-state index in [2.05, 4.69) is 32.9 Å². The molecule has 0 aliphatic carbocycles. The fourth-order valence-electron chi connectivity index (χ4n) is 2.87. The summed E-state index contributed by atoms with van der Waals surface area (Å²) in [5.41, 5.74) is 0.275. The largest absolute Gasteiger partial charge is 0.507 e. The molecule has 5 heteroatoms. The summed E-state index contributed by atoms with van der Waals surface area (Å²) < 4.78 is 10.7. The Hall–Kier alpha value is -2.56. The molecule has 30 heavy (non-hydrogen) atoms. The van der Waals surface area contributed by atoms with Gasteiger partial charge in [-0.3, -0.25) is 4.79 Å². The Morgan fingerprint density at radius 3 is 2.37 bits per heavy atom. The summed E-state index contributed by atoms with van der Waals surface area (Å²) in [6.45, 7) is 12.9. The van der Waals surface area contributed by atoms with E-state index in [-0.39, 0.29) is 23.7 Å². The van der Waals surface area contributed by atoms with E-state index in [4.69, 9.17) is 9.15 Å². The normalized spacial score (nSPS) is 11.6. The zero-order valence-corrected chi connectivity index (χ0v) is 19.2. The van der Waals surface area contributed by atoms with Crippen LogP contribution in [0.1, 0.15) is 87.9 Å². The lowest BCUT2D eigenvalue weighted by molar-refractivity contribution is 0.0980. The molecule has 1 atom stereocenters. The molecule has 0 bridgehead atoms. The highest BCUT2D eigenvalue weighted by atomic mass is 16.5. The van der Waals surface area contributed by atoms with Gasteiger partial charge in [-0.2, -0.15) is 0 Å². The highest BCUT2D eigenvalue weighted by Crippen LogP contribution is 2.24. The first-order valence-corrected chi connectivity index (χ1v) is 10.8. The molecular formula is C25H36O5. The zero-order chi connectivity index (χ0) is 22.7. The number of rotatable bonds is 9. The summed E-state index contributed by atoms with van der Waals surface area (Å²) in [6.07, 6.45) is 3.11. The molecule has 1 unspecified atom stereocenters. The Bertz CT molecular complexity index is 851. The predicted octanol–water partition coefficient (Wildman–Crippen LogP) is 6.26. The van der Waals surface area contributed by atoms with Gasteiger partial charge in [0.05, 0.1) is 6.61 Å². The lowest BCUT2D eigenvalue weighted by atomic mass is 10.0. The van der Waals surface area contributed by atoms with E-state index < -0.39 is 11.4 Å². The number of ketones is 1. The lowest BCUT2D eigenvalue weighted by Crippen LogP contribution is -2.15. The van der Waals surface area contributed by atoms with Crippen molar-refractivity contribution in [2.75, 3.05) is 6.61 Å². The smallest absolute Gasteiger partial charge is 0.350 e. The Morgan fingerprint density at radius 1 is 1.13 bits per heavy atom. The molecule has 0 fully saturated rings. The molecule has 2 aromatic rings. The predicted molar refractivity (Wildman–Crippen MR) is 121 cm³/mol. The molecule has 2 rings (SSSR count). The SMILES string of the molecule is CCCC(C)c1cc(O)c(C(=O)CC)c(=O)o1.Cc1cccc(OCCC(C)C)c1. The molecule has 0 aliphatic rings. The summed E-state index contributed by atoms with van der Waals surface area (Å²) >= 11 is 0. The monoisotopic (exact) mass is 416 g/mol. The Balaban J connectivity index is 0.000000311. The topological polar surface area (TPSA) is 76.7 Å². The molecule has 0 radical (unpaired) electrons. The van der Waals surface area contributed by atoms with Crippen molar-refractivity contribution in [2.24, 2.45) is 5.92 Å². The Labute approximate surface area is 180 Å². The Kier molecular flexibility index (Phi) is 10.9. The average molecular weight is 417 g/mol. The number of ether oxygens (including phenoxy) is 1. The third-order valence-electron chi connectivity index (χ3n) is 4.71. The summed E-state index contributed by atoms with van der Waals surface area (Å²) in [6, 6.07) is 9.56. The van der Waals surface area contributed by atoms with Crippen LogP contribution >= 0.6 is 0 Å². The highest BCUT2D eigenvalue weighted by Gasteiger charge is 2.19. The van der Waals surface area contributed by atoms with Crippen molar-refractivity contribution in [3.63, 3.8) is 0 Å². The van der Waals surface area contributed by atoms with Crippen LogP contribution < -0.4 is 10.4 Å². The van der Waals surface area contributed by atoms with Crippen LogP contribution in [0.2, 0.25) is 0 Å². The molecule has 0 aliphatic heterocycles. The summed E-state index contributed by atoms with van der Waals surface area (Å²) in [5, 5.41) is 9.71. The molecule has 1 N–H and O–H groups in total. The van der Waals surface area contributed by atoms with Gasteiger partial charge in [0.1, 0.15) is 22.8 Å². The second-order valence-electron chi connectivity index (χ2n) is 8.01. The van der Waals surface area contributed by atoms with Crippen LogP contribution in [-0.4, -0.2) is 17.5 Å². The molecular weight excluding hydrogens is 380 g/mol. The highest BCUT2D eigenvalue weighted by molar-refractivity contribution is 5.97. The number of aromatic hydroxyl groups is 1. The fraction of sp³-hybridized carbons (Fsp3) is 0.520. The summed E-state index contributed by atoms with van der Waals surface area (Å²) in [7, 11) is 0. The van der Waals surface area contributed by atoms with E-state index in [1.54, 1.807) is 6.92 Å². The maximum atomic E-state index is 11.6. The maximum Gasteiger partial charge on any atom is 0.350 e. The van der Waals surface area contributed by atoms with Crippen LogP contribution in [0.25, 0.3) is 0 Å². The first-order valence-electron chi connectivity index (χ1n) is 10.8. The van der Waals surface area contributed by atoms with Crippen molar-refractivity contribution in [3.8, 4) is 11.5 Å². The number of Topliss-reactive ketones (excluding diaryl/α,β-unsaturated/α-hetero) is 1. The third kappa shape index (κ3) is 8.44. The number of benzene rings is 1. The van der Waals surface area contributed by atoms with Gasteiger partial charge in [-0.25, -0.2) is 4.79 Å². The average Bonchev–Trinajstić information content (AvgIpc) is 2.67. The minimum atomic E-state index is -0.741. The number of hydrogen-bond donors (Lipinski definition) is 1. The van der Waals surface area contributed by atoms with Crippen molar-refractivity contribution in [2.45, 2.75) is 73.1 Å². The van der Waals surface area contributed by atoms with Crippen LogP contribution in [0.4, 0.5) is 0 Å². The first kappa shape index (κ1) is 25.5. The van der Waals surface area contributed by atoms with Crippen LogP contribution in [0, 0.1) is 12.8 Å². The molecule has 0 amide bonds. The molecule has 166 valence electrons. The molecule has 1 aromatic carbocycles. The van der Waals surface area contributed by atoms with Gasteiger partial charge in [0.25, 0.3) is 0 Å². The minimum Gasteiger partial charge on any atom is -0.507 e. The van der Waals surface area contributed by atoms with Crippen LogP contribution in [0.5, 0.6) is 11.5 Å². The minimum absolute atomic E-state index is 0.0596. The molecule has 1 aromatic heterocycles. The summed E-state index contributed by atoms with van der Waals surface area (Å²) in [4.78, 5) is 23.1. The summed E-state index contributed by atoms with van der Waals surface area (Å²) in [5.74, 6) is 1.52. The zero-order valence-electron chi connectivity index (χ0n) is 19.2. The van der Waals surface area contributed by atoms with E-state index in [1.165, 1.54) is 11.6 Å². The van der Waals surface area contributed by atoms with Crippen molar-refractivity contribution in [1.29, 1.82) is 0 Å². The van der Waals surface area contributed by atoms with Crippen molar-refractivity contribution in [3.05, 3.63) is 57.6 Å². The van der Waals surface area contributed by atoms with Crippen molar-refractivity contribution >= 4 is 5.78 Å². The number of carbonyl (C=O) groups is 1. The molecule has 5 nitrogen and oxygen atoms in total. The van der Waals surface area contributed by atoms with Crippen LogP contribution in [0.3, 0.4) is 0 Å². The first-order chi connectivity index (χ1) is 14.2. The van der Waals surface area contributed by atoms with Gasteiger partial charge >= 0.3 is 5.63 Å². The lowest BCUT2D eigenvalue weighted by Gasteiger charge is -2.10. The Morgan fingerprint density at radius 2 is 1.83 bits per heavy atom. The quantitative estimate of drug-likeness (QED) is 0.488. The van der Waals surface area contributed by atoms with Crippen molar-refractivity contribution < 1.29 is 19.1 Å². The standard InChI is InChI=1S/C13H18O4.C12H18O/c1-4-6-8(3)11-7-10(15)12(9(14)5-2)13(16)17-11;1-10(2)7-8-13-12-6-4-5-11(3)9-12/h7-8,15H,4-6H2,1-3H3;4-6,9-10H,7-8H2,1-3H3. The van der Waals surface area contributed by atoms with Gasteiger partial charge in [0.15, 0.2) is 5.78 Å². The van der Waals surface area contributed by atoms with E-state index in [9.17, 15) is 14.7 Å². The molecule has 0 saturated carbocycles.